The Morgan fingerprint density at radius 3 is 2.82 bits per heavy atom. The molecule has 7 nitrogen and oxygen atoms in total. The number of anilines is 1. The molecule has 204 valence electrons. The second kappa shape index (κ2) is 11.5. The topological polar surface area (TPSA) is 84.2 Å². The van der Waals surface area contributed by atoms with Gasteiger partial charge in [0.15, 0.2) is 5.13 Å². The zero-order chi connectivity index (χ0) is 27.5. The lowest BCUT2D eigenvalue weighted by Gasteiger charge is -2.44. The van der Waals surface area contributed by atoms with E-state index in [4.69, 9.17) is 26.2 Å². The van der Waals surface area contributed by atoms with Gasteiger partial charge >= 0.3 is 12.1 Å². The number of piperidine rings is 1. The van der Waals surface area contributed by atoms with Gasteiger partial charge in [-0.25, -0.2) is 4.98 Å². The molecule has 0 spiro atoms. The fourth-order valence-electron chi connectivity index (χ4n) is 4.69. The fourth-order valence-corrected chi connectivity index (χ4v) is 6.01. The Labute approximate surface area is 226 Å². The predicted octanol–water partition coefficient (Wildman–Crippen LogP) is 6.47. The molecule has 0 saturated carbocycles. The number of aliphatic carboxylic acids is 1. The van der Waals surface area contributed by atoms with Crippen LogP contribution in [-0.2, 0) is 22.1 Å². The second-order valence-electron chi connectivity index (χ2n) is 9.07. The van der Waals surface area contributed by atoms with Crippen LogP contribution in [0.25, 0.3) is 10.2 Å². The maximum atomic E-state index is 13.1. The first-order valence-electron chi connectivity index (χ1n) is 12.0. The molecule has 2 unspecified atom stereocenters. The first kappa shape index (κ1) is 28.1. The normalized spacial score (nSPS) is 20.0. The molecule has 1 N–H and O–H groups in total. The van der Waals surface area contributed by atoms with Crippen LogP contribution >= 0.6 is 22.9 Å². The Morgan fingerprint density at radius 2 is 2.13 bits per heavy atom. The second-order valence-corrected chi connectivity index (χ2v) is 10.5. The molecule has 0 aliphatic carbocycles. The fraction of sp³-hybridized carbons (Fsp3) is 0.423. The first-order valence-corrected chi connectivity index (χ1v) is 13.2. The standard InChI is InChI=1S/C26H27ClF3N3O4S/c1-3-37-25(7-9-36-19-11-16(12-23(34)35)10-18(27)14-19)6-8-33(22(15-25)31-2)24-32-20-5-4-17(26(28,29)30)13-21(20)38-24/h4-5,10-11,13-14,22H,2-3,6-9,12,15H2,1H3,(H,34,35). The number of carboxylic acid groups (broad SMARTS) is 1. The summed E-state index contributed by atoms with van der Waals surface area (Å²) in [5.74, 6) is -0.485. The van der Waals surface area contributed by atoms with Crippen LogP contribution < -0.4 is 9.64 Å². The van der Waals surface area contributed by atoms with Gasteiger partial charge in [0.1, 0.15) is 11.9 Å². The largest absolute Gasteiger partial charge is 0.493 e. The number of alkyl halides is 3. The van der Waals surface area contributed by atoms with Gasteiger partial charge in [0.2, 0.25) is 0 Å². The number of ether oxygens (including phenoxy) is 2. The van der Waals surface area contributed by atoms with Gasteiger partial charge < -0.3 is 19.5 Å². The molecule has 1 fully saturated rings. The lowest BCUT2D eigenvalue weighted by molar-refractivity contribution is -0.138. The third-order valence-corrected chi connectivity index (χ3v) is 7.72. The number of hydrogen-bond acceptors (Lipinski definition) is 7. The van der Waals surface area contributed by atoms with Crippen molar-refractivity contribution in [2.75, 3.05) is 24.7 Å². The Balaban J connectivity index is 1.47. The number of carbonyl (C=O) groups is 1. The monoisotopic (exact) mass is 569 g/mol. The van der Waals surface area contributed by atoms with E-state index >= 15 is 0 Å². The first-order chi connectivity index (χ1) is 18.0. The molecule has 1 aliphatic heterocycles. The minimum Gasteiger partial charge on any atom is -0.493 e. The third kappa shape index (κ3) is 6.57. The van der Waals surface area contributed by atoms with E-state index in [1.165, 1.54) is 17.4 Å². The summed E-state index contributed by atoms with van der Waals surface area (Å²) in [6.07, 6.45) is -3.30. The number of fused-ring (bicyclic) bond motifs is 1. The molecule has 2 atom stereocenters. The maximum absolute atomic E-state index is 13.1. The average molecular weight is 570 g/mol. The van der Waals surface area contributed by atoms with Crippen molar-refractivity contribution in [1.29, 1.82) is 0 Å². The summed E-state index contributed by atoms with van der Waals surface area (Å²) in [7, 11) is 0. The smallest absolute Gasteiger partial charge is 0.416 e. The SMILES string of the molecule is C=NC1CC(CCOc2cc(Cl)cc(CC(=O)O)c2)(OCC)CCN1c1nc2ccc(C(F)(F)F)cc2s1. The molecule has 3 aromatic rings. The molecule has 2 heterocycles. The van der Waals surface area contributed by atoms with Crippen LogP contribution in [0, 0.1) is 0 Å². The van der Waals surface area contributed by atoms with Crippen molar-refractivity contribution in [3.63, 3.8) is 0 Å². The number of aromatic nitrogens is 1. The van der Waals surface area contributed by atoms with Gasteiger partial charge in [-0.3, -0.25) is 9.79 Å². The molecule has 38 heavy (non-hydrogen) atoms. The minimum absolute atomic E-state index is 0.161. The van der Waals surface area contributed by atoms with Gasteiger partial charge in [-0.2, -0.15) is 13.2 Å². The molecule has 1 saturated heterocycles. The van der Waals surface area contributed by atoms with Crippen molar-refractivity contribution in [2.45, 2.75) is 50.6 Å². The molecule has 0 bridgehead atoms. The Morgan fingerprint density at radius 1 is 1.34 bits per heavy atom. The van der Waals surface area contributed by atoms with Gasteiger partial charge in [-0.15, -0.1) is 0 Å². The van der Waals surface area contributed by atoms with E-state index in [1.54, 1.807) is 18.2 Å². The van der Waals surface area contributed by atoms with Crippen LogP contribution in [0.15, 0.2) is 41.4 Å². The van der Waals surface area contributed by atoms with E-state index in [0.29, 0.717) is 70.7 Å². The minimum atomic E-state index is -4.42. The van der Waals surface area contributed by atoms with Gasteiger partial charge in [0.25, 0.3) is 0 Å². The third-order valence-electron chi connectivity index (χ3n) is 6.45. The number of carboxylic acids is 1. The van der Waals surface area contributed by atoms with Crippen LogP contribution in [-0.4, -0.2) is 54.3 Å². The van der Waals surface area contributed by atoms with Crippen LogP contribution in [0.2, 0.25) is 5.02 Å². The summed E-state index contributed by atoms with van der Waals surface area (Å²) in [5.41, 5.74) is -0.219. The quantitative estimate of drug-likeness (QED) is 0.282. The number of nitrogens with zero attached hydrogens (tertiary/aromatic N) is 3. The number of rotatable bonds is 10. The molecule has 0 amide bonds. The molecule has 0 radical (unpaired) electrons. The lowest BCUT2D eigenvalue weighted by atomic mass is 9.86. The Hall–Kier alpha value is -2.89. The molecule has 4 rings (SSSR count). The number of thiazole rings is 1. The summed E-state index contributed by atoms with van der Waals surface area (Å²) >= 11 is 7.32. The van der Waals surface area contributed by atoms with Crippen LogP contribution in [0.3, 0.4) is 0 Å². The maximum Gasteiger partial charge on any atom is 0.416 e. The van der Waals surface area contributed by atoms with E-state index in [-0.39, 0.29) is 12.6 Å². The van der Waals surface area contributed by atoms with Crippen molar-refractivity contribution < 1.29 is 32.5 Å². The van der Waals surface area contributed by atoms with Gasteiger partial charge in [0, 0.05) is 31.0 Å². The highest BCUT2D eigenvalue weighted by Gasteiger charge is 2.41. The van der Waals surface area contributed by atoms with Crippen LogP contribution in [0.4, 0.5) is 18.3 Å². The molecule has 2 aromatic carbocycles. The van der Waals surface area contributed by atoms with E-state index < -0.39 is 23.3 Å². The van der Waals surface area contributed by atoms with Gasteiger partial charge in [-0.05, 0) is 62.0 Å². The summed E-state index contributed by atoms with van der Waals surface area (Å²) in [6.45, 7) is 6.96. The Kier molecular flexibility index (Phi) is 8.49. The van der Waals surface area contributed by atoms with Crippen molar-refractivity contribution in [3.05, 3.63) is 52.5 Å². The van der Waals surface area contributed by atoms with Crippen LogP contribution in [0.1, 0.15) is 37.3 Å². The number of halogens is 4. The lowest BCUT2D eigenvalue weighted by Crippen LogP contribution is -2.51. The highest BCUT2D eigenvalue weighted by atomic mass is 35.5. The van der Waals surface area contributed by atoms with E-state index in [9.17, 15) is 18.0 Å². The van der Waals surface area contributed by atoms with Gasteiger partial charge in [-0.1, -0.05) is 22.9 Å². The molecule has 12 heteroatoms. The molecule has 1 aliphatic rings. The molecular weight excluding hydrogens is 543 g/mol. The zero-order valence-corrected chi connectivity index (χ0v) is 22.2. The highest BCUT2D eigenvalue weighted by molar-refractivity contribution is 7.22. The highest BCUT2D eigenvalue weighted by Crippen LogP contribution is 2.40. The average Bonchev–Trinajstić information content (AvgIpc) is 3.26. The summed E-state index contributed by atoms with van der Waals surface area (Å²) < 4.78 is 52.0. The van der Waals surface area contributed by atoms with Crippen molar-refractivity contribution in [3.8, 4) is 5.75 Å². The number of aliphatic imine (C=N–C) groups is 1. The summed E-state index contributed by atoms with van der Waals surface area (Å²) in [5, 5.41) is 10.0. The van der Waals surface area contributed by atoms with Crippen molar-refractivity contribution in [2.24, 2.45) is 4.99 Å². The van der Waals surface area contributed by atoms with Crippen LogP contribution in [0.5, 0.6) is 5.75 Å². The van der Waals surface area contributed by atoms with Crippen molar-refractivity contribution >= 4 is 51.0 Å². The van der Waals surface area contributed by atoms with E-state index in [0.717, 1.165) is 12.1 Å². The Bertz CT molecular complexity index is 1320. The number of benzene rings is 2. The zero-order valence-electron chi connectivity index (χ0n) is 20.6. The molecule has 1 aromatic heterocycles. The van der Waals surface area contributed by atoms with Crippen molar-refractivity contribution in [1.82, 2.24) is 4.98 Å². The predicted molar refractivity (Wildman–Crippen MR) is 142 cm³/mol. The molecular formula is C26H27ClF3N3O4S. The van der Waals surface area contributed by atoms with E-state index in [1.807, 2.05) is 11.8 Å². The van der Waals surface area contributed by atoms with Gasteiger partial charge in [0.05, 0.1) is 34.4 Å². The summed E-state index contributed by atoms with van der Waals surface area (Å²) in [6, 6.07) is 8.42. The summed E-state index contributed by atoms with van der Waals surface area (Å²) in [4.78, 5) is 21.9. The van der Waals surface area contributed by atoms with E-state index in [2.05, 4.69) is 16.7 Å². The number of hydrogen-bond donors (Lipinski definition) is 1.